The molecule has 2 aromatic rings. The lowest BCUT2D eigenvalue weighted by Crippen LogP contribution is -2.41. The van der Waals surface area contributed by atoms with Gasteiger partial charge in [-0.15, -0.1) is 0 Å². The summed E-state index contributed by atoms with van der Waals surface area (Å²) in [6, 6.07) is 12.6. The predicted octanol–water partition coefficient (Wildman–Crippen LogP) is 3.41. The van der Waals surface area contributed by atoms with E-state index in [9.17, 15) is 9.59 Å². The number of benzene rings is 2. The summed E-state index contributed by atoms with van der Waals surface area (Å²) < 4.78 is 16.5. The second-order valence-electron chi connectivity index (χ2n) is 6.80. The Morgan fingerprint density at radius 1 is 1.03 bits per heavy atom. The normalized spacial score (nSPS) is 10.4. The number of carbonyl (C=O) groups excluding carboxylic acids is 2. The van der Waals surface area contributed by atoms with Crippen molar-refractivity contribution in [2.24, 2.45) is 0 Å². The number of methoxy groups -OCH3 is 1. The fourth-order valence-corrected chi connectivity index (χ4v) is 2.55. The first-order valence-electron chi connectivity index (χ1n) is 9.52. The van der Waals surface area contributed by atoms with Crippen LogP contribution in [-0.2, 0) is 4.79 Å². The van der Waals surface area contributed by atoms with E-state index >= 15 is 0 Å². The molecule has 0 fully saturated rings. The summed E-state index contributed by atoms with van der Waals surface area (Å²) in [5.74, 6) is 1.04. The molecule has 0 spiro atoms. The van der Waals surface area contributed by atoms with Crippen LogP contribution in [0.2, 0.25) is 0 Å². The third-order valence-electron chi connectivity index (χ3n) is 3.91. The molecule has 7 heteroatoms. The summed E-state index contributed by atoms with van der Waals surface area (Å²) in [4.78, 5) is 24.2. The number of ether oxygens (including phenoxy) is 3. The van der Waals surface area contributed by atoms with Gasteiger partial charge >= 0.3 is 0 Å². The van der Waals surface area contributed by atoms with Crippen LogP contribution in [0.5, 0.6) is 17.2 Å². The molecule has 0 heterocycles. The Hall–Kier alpha value is -3.22. The van der Waals surface area contributed by atoms with Crippen LogP contribution in [0.25, 0.3) is 0 Å². The molecule has 0 aliphatic carbocycles. The highest BCUT2D eigenvalue weighted by atomic mass is 16.5. The van der Waals surface area contributed by atoms with Crippen molar-refractivity contribution >= 4 is 11.8 Å². The topological polar surface area (TPSA) is 85.9 Å². The average molecular weight is 400 g/mol. The highest BCUT2D eigenvalue weighted by Crippen LogP contribution is 2.28. The third-order valence-corrected chi connectivity index (χ3v) is 3.91. The van der Waals surface area contributed by atoms with Crippen LogP contribution in [0.1, 0.15) is 42.6 Å². The Morgan fingerprint density at radius 2 is 1.83 bits per heavy atom. The molecule has 2 amide bonds. The van der Waals surface area contributed by atoms with Crippen molar-refractivity contribution in [3.8, 4) is 17.2 Å². The third kappa shape index (κ3) is 7.37. The van der Waals surface area contributed by atoms with E-state index in [1.165, 1.54) is 7.11 Å². The highest BCUT2D eigenvalue weighted by Gasteiger charge is 2.13. The van der Waals surface area contributed by atoms with Crippen molar-refractivity contribution in [1.29, 1.82) is 0 Å². The van der Waals surface area contributed by atoms with E-state index in [-0.39, 0.29) is 18.4 Å². The zero-order valence-electron chi connectivity index (χ0n) is 17.3. The maximum atomic E-state index is 12.3. The second-order valence-corrected chi connectivity index (χ2v) is 6.80. The molecule has 0 aliphatic heterocycles. The predicted molar refractivity (Wildman–Crippen MR) is 110 cm³/mol. The molecule has 29 heavy (non-hydrogen) atoms. The van der Waals surface area contributed by atoms with Crippen molar-refractivity contribution in [3.63, 3.8) is 0 Å². The van der Waals surface area contributed by atoms with E-state index in [1.807, 2.05) is 45.0 Å². The van der Waals surface area contributed by atoms with Gasteiger partial charge in [-0.3, -0.25) is 20.4 Å². The van der Waals surface area contributed by atoms with E-state index in [1.54, 1.807) is 18.2 Å². The maximum absolute atomic E-state index is 12.3. The molecule has 0 bridgehead atoms. The minimum atomic E-state index is -0.441. The van der Waals surface area contributed by atoms with Gasteiger partial charge in [0.25, 0.3) is 5.91 Å². The molecular formula is C22H28N2O5. The van der Waals surface area contributed by atoms with Gasteiger partial charge in [0, 0.05) is 12.0 Å². The zero-order chi connectivity index (χ0) is 21.2. The van der Waals surface area contributed by atoms with Crippen molar-refractivity contribution in [3.05, 3.63) is 53.6 Å². The largest absolute Gasteiger partial charge is 0.494 e. The van der Waals surface area contributed by atoms with Crippen LogP contribution >= 0.6 is 0 Å². The minimum absolute atomic E-state index is 0.0160. The van der Waals surface area contributed by atoms with Gasteiger partial charge in [0.1, 0.15) is 5.75 Å². The summed E-state index contributed by atoms with van der Waals surface area (Å²) in [6.45, 7) is 6.21. The number of aryl methyl sites for hydroxylation is 1. The summed E-state index contributed by atoms with van der Waals surface area (Å²) in [6.07, 6.45) is 0.749. The van der Waals surface area contributed by atoms with Gasteiger partial charge < -0.3 is 14.2 Å². The molecule has 0 unspecified atom stereocenters. The number of hydrogen-bond acceptors (Lipinski definition) is 5. The molecule has 2 rings (SSSR count). The molecule has 2 aromatic carbocycles. The van der Waals surface area contributed by atoms with Crippen molar-refractivity contribution in [2.45, 2.75) is 39.7 Å². The zero-order valence-corrected chi connectivity index (χ0v) is 17.3. The molecule has 0 aliphatic rings. The number of amides is 2. The molecule has 0 radical (unpaired) electrons. The van der Waals surface area contributed by atoms with Crippen LogP contribution in [0.4, 0.5) is 0 Å². The van der Waals surface area contributed by atoms with Crippen molar-refractivity contribution < 1.29 is 23.8 Å². The standard InChI is InChI=1S/C22H28N2O5/c1-15(2)29-19-11-10-17(14-20(19)27-4)22(26)24-23-21(25)9-6-12-28-18-8-5-7-16(3)13-18/h5,7-8,10-11,13-15H,6,9,12H2,1-4H3,(H,23,25)(H,24,26). The number of carbonyl (C=O) groups is 2. The van der Waals surface area contributed by atoms with Gasteiger partial charge in [-0.25, -0.2) is 0 Å². The number of rotatable bonds is 9. The van der Waals surface area contributed by atoms with E-state index in [0.717, 1.165) is 11.3 Å². The Kier molecular flexibility index (Phi) is 8.33. The fourth-order valence-electron chi connectivity index (χ4n) is 2.55. The van der Waals surface area contributed by atoms with E-state index in [2.05, 4.69) is 10.9 Å². The van der Waals surface area contributed by atoms with E-state index in [0.29, 0.717) is 30.1 Å². The summed E-state index contributed by atoms with van der Waals surface area (Å²) in [5.41, 5.74) is 6.27. The average Bonchev–Trinajstić information content (AvgIpc) is 2.69. The molecule has 0 saturated heterocycles. The summed E-state index contributed by atoms with van der Waals surface area (Å²) in [5, 5.41) is 0. The monoisotopic (exact) mass is 400 g/mol. The second kappa shape index (κ2) is 10.9. The smallest absolute Gasteiger partial charge is 0.269 e. The van der Waals surface area contributed by atoms with Gasteiger partial charge in [0.05, 0.1) is 19.8 Å². The Labute approximate surface area is 171 Å². The number of hydrazine groups is 1. The highest BCUT2D eigenvalue weighted by molar-refractivity contribution is 5.96. The Morgan fingerprint density at radius 3 is 2.52 bits per heavy atom. The molecule has 0 atom stereocenters. The Balaban J connectivity index is 1.75. The van der Waals surface area contributed by atoms with Crippen molar-refractivity contribution in [1.82, 2.24) is 10.9 Å². The first-order chi connectivity index (χ1) is 13.9. The maximum Gasteiger partial charge on any atom is 0.269 e. The lowest BCUT2D eigenvalue weighted by atomic mass is 10.2. The first kappa shape index (κ1) is 22.1. The van der Waals surface area contributed by atoms with Crippen LogP contribution in [-0.4, -0.2) is 31.6 Å². The SMILES string of the molecule is COc1cc(C(=O)NNC(=O)CCCOc2cccc(C)c2)ccc1OC(C)C. The van der Waals surface area contributed by atoms with Gasteiger partial charge in [-0.2, -0.15) is 0 Å². The van der Waals surface area contributed by atoms with Gasteiger partial charge in [0.2, 0.25) is 5.91 Å². The first-order valence-corrected chi connectivity index (χ1v) is 9.52. The summed E-state index contributed by atoms with van der Waals surface area (Å²) >= 11 is 0. The molecule has 2 N–H and O–H groups in total. The molecule has 7 nitrogen and oxygen atoms in total. The van der Waals surface area contributed by atoms with Crippen LogP contribution < -0.4 is 25.1 Å². The van der Waals surface area contributed by atoms with E-state index in [4.69, 9.17) is 14.2 Å². The van der Waals surface area contributed by atoms with Gasteiger partial charge in [0.15, 0.2) is 11.5 Å². The lowest BCUT2D eigenvalue weighted by molar-refractivity contribution is -0.122. The lowest BCUT2D eigenvalue weighted by Gasteiger charge is -2.14. The molecule has 0 saturated carbocycles. The molecule has 0 aromatic heterocycles. The van der Waals surface area contributed by atoms with Gasteiger partial charge in [-0.1, -0.05) is 12.1 Å². The van der Waals surface area contributed by atoms with Crippen LogP contribution in [0.15, 0.2) is 42.5 Å². The fraction of sp³-hybridized carbons (Fsp3) is 0.364. The number of nitrogens with one attached hydrogen (secondary N) is 2. The molecular weight excluding hydrogens is 372 g/mol. The van der Waals surface area contributed by atoms with Crippen molar-refractivity contribution in [2.75, 3.05) is 13.7 Å². The van der Waals surface area contributed by atoms with E-state index < -0.39 is 5.91 Å². The number of hydrogen-bond donors (Lipinski definition) is 2. The summed E-state index contributed by atoms with van der Waals surface area (Å²) in [7, 11) is 1.50. The minimum Gasteiger partial charge on any atom is -0.494 e. The molecule has 156 valence electrons. The Bertz CT molecular complexity index is 836. The van der Waals surface area contributed by atoms with Crippen LogP contribution in [0.3, 0.4) is 0 Å². The quantitative estimate of drug-likeness (QED) is 0.498. The van der Waals surface area contributed by atoms with Gasteiger partial charge in [-0.05, 0) is 63.1 Å². The van der Waals surface area contributed by atoms with Crippen LogP contribution in [0, 0.1) is 6.92 Å².